The standard InChI is InChI=1S/C26H35FN2O4/c1-16-20(23(24(30)31)33-25(2,3)4)21(29-13-11-26(5,6)12-14-29)18(15-28-16)17-9-8-10-19(27)22(17)32-7/h8-10,15,23H,11-14H2,1-7H3,(H,30,31)/t23-/m0/s1. The first-order valence-electron chi connectivity index (χ1n) is 11.3. The van der Waals surface area contributed by atoms with Crippen LogP contribution in [0.5, 0.6) is 5.75 Å². The van der Waals surface area contributed by atoms with Gasteiger partial charge in [0.15, 0.2) is 17.7 Å². The molecule has 7 heteroatoms. The molecule has 180 valence electrons. The van der Waals surface area contributed by atoms with Gasteiger partial charge in [-0.1, -0.05) is 26.0 Å². The van der Waals surface area contributed by atoms with Gasteiger partial charge >= 0.3 is 5.97 Å². The maximum atomic E-state index is 14.6. The summed E-state index contributed by atoms with van der Waals surface area (Å²) in [4.78, 5) is 19.2. The second-order valence-electron chi connectivity index (χ2n) is 10.4. The maximum absolute atomic E-state index is 14.6. The van der Waals surface area contributed by atoms with Crippen molar-refractivity contribution in [2.75, 3.05) is 25.1 Å². The molecule has 1 aliphatic heterocycles. The van der Waals surface area contributed by atoms with E-state index >= 15 is 0 Å². The fourth-order valence-electron chi connectivity index (χ4n) is 4.31. The molecule has 0 amide bonds. The Morgan fingerprint density at radius 1 is 1.21 bits per heavy atom. The van der Waals surface area contributed by atoms with Gasteiger partial charge in [-0.25, -0.2) is 9.18 Å². The number of halogens is 1. The molecule has 33 heavy (non-hydrogen) atoms. The minimum atomic E-state index is -1.22. The molecular weight excluding hydrogens is 423 g/mol. The van der Waals surface area contributed by atoms with Gasteiger partial charge in [0.2, 0.25) is 0 Å². The highest BCUT2D eigenvalue weighted by Crippen LogP contribution is 2.45. The minimum absolute atomic E-state index is 0.108. The van der Waals surface area contributed by atoms with E-state index < -0.39 is 23.5 Å². The number of aliphatic carboxylic acids is 1. The number of carbonyl (C=O) groups is 1. The van der Waals surface area contributed by atoms with E-state index in [2.05, 4.69) is 23.7 Å². The SMILES string of the molecule is COc1c(F)cccc1-c1cnc(C)c([C@H](OC(C)(C)C)C(=O)O)c1N1CCC(C)(C)CC1. The summed E-state index contributed by atoms with van der Waals surface area (Å²) in [7, 11) is 1.43. The molecule has 1 N–H and O–H groups in total. The Morgan fingerprint density at radius 3 is 2.39 bits per heavy atom. The van der Waals surface area contributed by atoms with Crippen molar-refractivity contribution in [3.63, 3.8) is 0 Å². The summed E-state index contributed by atoms with van der Waals surface area (Å²) in [6, 6.07) is 4.74. The van der Waals surface area contributed by atoms with Crippen LogP contribution in [0.1, 0.15) is 64.8 Å². The Bertz CT molecular complexity index is 1020. The van der Waals surface area contributed by atoms with Crippen LogP contribution in [0.2, 0.25) is 0 Å². The normalized spacial score (nSPS) is 17.0. The maximum Gasteiger partial charge on any atom is 0.337 e. The lowest BCUT2D eigenvalue weighted by Gasteiger charge is -2.41. The zero-order chi connectivity index (χ0) is 24.6. The molecule has 3 rings (SSSR count). The number of benzene rings is 1. The van der Waals surface area contributed by atoms with Crippen molar-refractivity contribution >= 4 is 11.7 Å². The summed E-state index contributed by atoms with van der Waals surface area (Å²) in [6.45, 7) is 13.2. The molecule has 1 aliphatic rings. The number of pyridine rings is 1. The van der Waals surface area contributed by atoms with Crippen molar-refractivity contribution < 1.29 is 23.8 Å². The van der Waals surface area contributed by atoms with E-state index in [1.807, 2.05) is 20.8 Å². The first-order chi connectivity index (χ1) is 15.3. The quantitative estimate of drug-likeness (QED) is 0.592. The van der Waals surface area contributed by atoms with Crippen molar-refractivity contribution in [3.05, 3.63) is 41.5 Å². The Balaban J connectivity index is 2.30. The highest BCUT2D eigenvalue weighted by atomic mass is 19.1. The largest absolute Gasteiger partial charge is 0.493 e. The predicted octanol–water partition coefficient (Wildman–Crippen LogP) is 5.77. The highest BCUT2D eigenvalue weighted by Gasteiger charge is 2.36. The van der Waals surface area contributed by atoms with E-state index in [1.165, 1.54) is 13.2 Å². The lowest BCUT2D eigenvalue weighted by atomic mass is 9.82. The van der Waals surface area contributed by atoms with Gasteiger partial charge in [-0.3, -0.25) is 4.98 Å². The molecule has 0 saturated carbocycles. The third-order valence-corrected chi connectivity index (χ3v) is 6.14. The van der Waals surface area contributed by atoms with Crippen LogP contribution in [0, 0.1) is 18.2 Å². The van der Waals surface area contributed by atoms with Gasteiger partial charge in [-0.05, 0) is 52.0 Å². The lowest BCUT2D eigenvalue weighted by Crippen LogP contribution is -2.39. The molecule has 1 aromatic heterocycles. The molecule has 1 aromatic carbocycles. The van der Waals surface area contributed by atoms with Crippen molar-refractivity contribution in [3.8, 4) is 16.9 Å². The van der Waals surface area contributed by atoms with E-state index in [-0.39, 0.29) is 11.2 Å². The molecule has 2 aromatic rings. The van der Waals surface area contributed by atoms with Crippen molar-refractivity contribution in [2.24, 2.45) is 5.41 Å². The summed E-state index contributed by atoms with van der Waals surface area (Å²) in [5, 5.41) is 10.2. The second-order valence-corrected chi connectivity index (χ2v) is 10.4. The summed E-state index contributed by atoms with van der Waals surface area (Å²) in [5.74, 6) is -1.46. The molecule has 0 spiro atoms. The zero-order valence-corrected chi connectivity index (χ0v) is 20.7. The van der Waals surface area contributed by atoms with Gasteiger partial charge in [-0.15, -0.1) is 0 Å². The van der Waals surface area contributed by atoms with Gasteiger partial charge in [0.25, 0.3) is 0 Å². The number of aryl methyl sites for hydroxylation is 1. The smallest absolute Gasteiger partial charge is 0.337 e. The number of aromatic nitrogens is 1. The Kier molecular flexibility index (Phi) is 7.03. The number of anilines is 1. The van der Waals surface area contributed by atoms with Crippen LogP contribution < -0.4 is 9.64 Å². The summed E-state index contributed by atoms with van der Waals surface area (Å²) in [6.07, 6.45) is 2.36. The van der Waals surface area contributed by atoms with Gasteiger partial charge in [0, 0.05) is 41.7 Å². The highest BCUT2D eigenvalue weighted by molar-refractivity contribution is 5.88. The summed E-state index contributed by atoms with van der Waals surface area (Å²) in [5.41, 5.74) is 2.47. The number of nitrogens with zero attached hydrogens (tertiary/aromatic N) is 2. The molecule has 6 nitrogen and oxygen atoms in total. The fraction of sp³-hybridized carbons (Fsp3) is 0.538. The number of rotatable bonds is 6. The first kappa shape index (κ1) is 25.0. The molecule has 1 atom stereocenters. The average Bonchev–Trinajstić information content (AvgIpc) is 2.71. The number of methoxy groups -OCH3 is 1. The first-order valence-corrected chi connectivity index (χ1v) is 11.3. The van der Waals surface area contributed by atoms with Crippen molar-refractivity contribution in [2.45, 2.75) is 66.1 Å². The number of piperidine rings is 1. The van der Waals surface area contributed by atoms with Crippen LogP contribution in [0.15, 0.2) is 24.4 Å². The van der Waals surface area contributed by atoms with Crippen molar-refractivity contribution in [1.29, 1.82) is 0 Å². The van der Waals surface area contributed by atoms with E-state index in [0.717, 1.165) is 31.6 Å². The minimum Gasteiger partial charge on any atom is -0.493 e. The number of hydrogen-bond donors (Lipinski definition) is 1. The number of carboxylic acids is 1. The number of carboxylic acid groups (broad SMARTS) is 1. The zero-order valence-electron chi connectivity index (χ0n) is 20.7. The second kappa shape index (κ2) is 9.29. The summed E-state index contributed by atoms with van der Waals surface area (Å²) >= 11 is 0. The van der Waals surface area contributed by atoms with Crippen LogP contribution in [0.25, 0.3) is 11.1 Å². The fourth-order valence-corrected chi connectivity index (χ4v) is 4.31. The van der Waals surface area contributed by atoms with E-state index in [4.69, 9.17) is 9.47 Å². The Labute approximate surface area is 195 Å². The van der Waals surface area contributed by atoms with Crippen LogP contribution in [-0.4, -0.2) is 41.9 Å². The number of para-hydroxylation sites is 1. The molecular formula is C26H35FN2O4. The van der Waals surface area contributed by atoms with Gasteiger partial charge in [0.05, 0.1) is 18.4 Å². The Hall–Kier alpha value is -2.67. The molecule has 0 bridgehead atoms. The lowest BCUT2D eigenvalue weighted by molar-refractivity contribution is -0.160. The number of hydrogen-bond acceptors (Lipinski definition) is 5. The average molecular weight is 459 g/mol. The predicted molar refractivity (Wildman–Crippen MR) is 127 cm³/mol. The molecule has 0 unspecified atom stereocenters. The molecule has 2 heterocycles. The van der Waals surface area contributed by atoms with E-state index in [9.17, 15) is 14.3 Å². The van der Waals surface area contributed by atoms with Crippen LogP contribution in [-0.2, 0) is 9.53 Å². The van der Waals surface area contributed by atoms with E-state index in [1.54, 1.807) is 25.3 Å². The van der Waals surface area contributed by atoms with Gasteiger partial charge in [-0.2, -0.15) is 0 Å². The third-order valence-electron chi connectivity index (χ3n) is 6.14. The topological polar surface area (TPSA) is 71.9 Å². The third kappa shape index (κ3) is 5.46. The molecule has 0 radical (unpaired) electrons. The summed E-state index contributed by atoms with van der Waals surface area (Å²) < 4.78 is 26.1. The Morgan fingerprint density at radius 2 is 1.85 bits per heavy atom. The van der Waals surface area contributed by atoms with Crippen molar-refractivity contribution in [1.82, 2.24) is 4.98 Å². The van der Waals surface area contributed by atoms with Crippen LogP contribution in [0.4, 0.5) is 10.1 Å². The van der Waals surface area contributed by atoms with Gasteiger partial charge < -0.3 is 19.5 Å². The van der Waals surface area contributed by atoms with Gasteiger partial charge in [0.1, 0.15) is 0 Å². The number of ether oxygens (including phenoxy) is 2. The molecule has 1 fully saturated rings. The van der Waals surface area contributed by atoms with Crippen LogP contribution >= 0.6 is 0 Å². The monoisotopic (exact) mass is 458 g/mol. The van der Waals surface area contributed by atoms with E-state index in [0.29, 0.717) is 22.4 Å². The van der Waals surface area contributed by atoms with Crippen LogP contribution in [0.3, 0.4) is 0 Å². The molecule has 1 saturated heterocycles. The molecule has 0 aliphatic carbocycles.